The summed E-state index contributed by atoms with van der Waals surface area (Å²) in [5, 5.41) is 21.2. The second-order valence-corrected chi connectivity index (χ2v) is 7.00. The molecule has 0 bridgehead atoms. The molecule has 0 heterocycles. The Morgan fingerprint density at radius 1 is 0.583 bits per heavy atom. The van der Waals surface area contributed by atoms with Crippen molar-refractivity contribution in [2.45, 2.75) is 24.0 Å². The molecule has 3 rings (SSSR count). The van der Waals surface area contributed by atoms with Crippen LogP contribution in [0.1, 0.15) is 23.0 Å². The van der Waals surface area contributed by atoms with E-state index >= 15 is 0 Å². The summed E-state index contributed by atoms with van der Waals surface area (Å²) >= 11 is 0. The summed E-state index contributed by atoms with van der Waals surface area (Å²) in [4.78, 5) is 4.07. The van der Waals surface area contributed by atoms with E-state index in [1.165, 1.54) is 0 Å². The van der Waals surface area contributed by atoms with E-state index in [-0.39, 0.29) is 11.8 Å². The van der Waals surface area contributed by atoms with E-state index in [1.54, 1.807) is 0 Å². The third-order valence-corrected chi connectivity index (χ3v) is 5.06. The average molecular weight is 326 g/mol. The molecule has 2 aromatic carbocycles. The van der Waals surface area contributed by atoms with Gasteiger partial charge in [-0.2, -0.15) is 0 Å². The Hall–Kier alpha value is -2.04. The predicted molar refractivity (Wildman–Crippen MR) is 99.0 cm³/mol. The fourth-order valence-corrected chi connectivity index (χ4v) is 3.48. The van der Waals surface area contributed by atoms with Gasteiger partial charge in [0, 0.05) is 51.4 Å². The minimum atomic E-state index is -0.560. The fraction of sp³-hybridized carbons (Fsp3) is 0.400. The lowest BCUT2D eigenvalue weighted by molar-refractivity contribution is -0.0785. The van der Waals surface area contributed by atoms with Gasteiger partial charge in [-0.15, -0.1) is 0 Å². The van der Waals surface area contributed by atoms with Crippen molar-refractivity contribution in [2.75, 3.05) is 38.0 Å². The van der Waals surface area contributed by atoms with E-state index in [2.05, 4.69) is 0 Å². The van der Waals surface area contributed by atoms with Crippen LogP contribution < -0.4 is 9.80 Å². The Bertz CT molecular complexity index is 610. The Kier molecular flexibility index (Phi) is 4.52. The molecule has 1 aliphatic carbocycles. The van der Waals surface area contributed by atoms with Crippen molar-refractivity contribution in [1.29, 1.82) is 0 Å². The second-order valence-electron chi connectivity index (χ2n) is 7.00. The molecule has 0 amide bonds. The molecular weight excluding hydrogens is 300 g/mol. The first-order valence-corrected chi connectivity index (χ1v) is 8.31. The zero-order valence-electron chi connectivity index (χ0n) is 14.7. The van der Waals surface area contributed by atoms with Crippen LogP contribution in [0.3, 0.4) is 0 Å². The first-order valence-electron chi connectivity index (χ1n) is 8.31. The summed E-state index contributed by atoms with van der Waals surface area (Å²) in [6.07, 6.45) is -1.12. The Labute approximate surface area is 144 Å². The van der Waals surface area contributed by atoms with E-state index in [9.17, 15) is 10.2 Å². The maximum absolute atomic E-state index is 10.6. The number of hydrogen-bond acceptors (Lipinski definition) is 4. The maximum Gasteiger partial charge on any atom is 0.0727 e. The van der Waals surface area contributed by atoms with Crippen LogP contribution in [-0.2, 0) is 0 Å². The smallest absolute Gasteiger partial charge is 0.0727 e. The highest BCUT2D eigenvalue weighted by atomic mass is 16.3. The van der Waals surface area contributed by atoms with Gasteiger partial charge >= 0.3 is 0 Å². The average Bonchev–Trinajstić information content (AvgIpc) is 2.56. The molecule has 1 aliphatic rings. The molecule has 0 radical (unpaired) electrons. The maximum atomic E-state index is 10.6. The van der Waals surface area contributed by atoms with Crippen LogP contribution >= 0.6 is 0 Å². The molecule has 2 aromatic rings. The van der Waals surface area contributed by atoms with Gasteiger partial charge in [0.05, 0.1) is 12.2 Å². The molecule has 128 valence electrons. The fourth-order valence-electron chi connectivity index (χ4n) is 3.48. The van der Waals surface area contributed by atoms with Gasteiger partial charge in [0.2, 0.25) is 0 Å². The quantitative estimate of drug-likeness (QED) is 0.906. The molecule has 0 unspecified atom stereocenters. The number of nitrogens with zero attached hydrogens (tertiary/aromatic N) is 2. The van der Waals surface area contributed by atoms with Gasteiger partial charge in [-0.3, -0.25) is 0 Å². The third-order valence-electron chi connectivity index (χ3n) is 5.06. The standard InChI is InChI=1S/C20H26N2O2/c1-21(2)15-9-5-13(6-10-15)17-19(23)18(20(17)24)14-7-11-16(12-8-14)22(3)4/h5-12,17-20,23-24H,1-4H3. The normalized spacial score (nSPS) is 25.9. The molecule has 4 heteroatoms. The van der Waals surface area contributed by atoms with Crippen LogP contribution in [0.25, 0.3) is 0 Å². The highest BCUT2D eigenvalue weighted by Gasteiger charge is 2.50. The van der Waals surface area contributed by atoms with E-state index in [0.717, 1.165) is 22.5 Å². The SMILES string of the molecule is CN(C)c1ccc(C2C(O)C(c3ccc(N(C)C)cc3)C2O)cc1. The summed E-state index contributed by atoms with van der Waals surface area (Å²) in [6.45, 7) is 0. The minimum absolute atomic E-state index is 0.222. The highest BCUT2D eigenvalue weighted by Crippen LogP contribution is 2.48. The van der Waals surface area contributed by atoms with Crippen molar-refractivity contribution in [1.82, 2.24) is 0 Å². The van der Waals surface area contributed by atoms with Crippen molar-refractivity contribution >= 4 is 11.4 Å². The van der Waals surface area contributed by atoms with Gasteiger partial charge in [0.15, 0.2) is 0 Å². The lowest BCUT2D eigenvalue weighted by Gasteiger charge is -2.47. The van der Waals surface area contributed by atoms with E-state index < -0.39 is 12.2 Å². The van der Waals surface area contributed by atoms with Crippen molar-refractivity contribution in [3.05, 3.63) is 59.7 Å². The molecule has 0 saturated heterocycles. The van der Waals surface area contributed by atoms with Gasteiger partial charge in [-0.25, -0.2) is 0 Å². The van der Waals surface area contributed by atoms with E-state index in [1.807, 2.05) is 86.5 Å². The lowest BCUT2D eigenvalue weighted by atomic mass is 9.63. The van der Waals surface area contributed by atoms with Crippen LogP contribution in [0.2, 0.25) is 0 Å². The molecule has 24 heavy (non-hydrogen) atoms. The highest BCUT2D eigenvalue weighted by molar-refractivity contribution is 5.50. The molecule has 2 N–H and O–H groups in total. The first kappa shape index (κ1) is 16.8. The number of aliphatic hydroxyl groups is 2. The molecule has 0 spiro atoms. The van der Waals surface area contributed by atoms with Crippen LogP contribution in [0.15, 0.2) is 48.5 Å². The van der Waals surface area contributed by atoms with Crippen molar-refractivity contribution in [2.24, 2.45) is 0 Å². The van der Waals surface area contributed by atoms with Crippen LogP contribution in [0, 0.1) is 0 Å². The summed E-state index contributed by atoms with van der Waals surface area (Å²) in [6, 6.07) is 16.1. The topological polar surface area (TPSA) is 46.9 Å². The molecule has 0 atom stereocenters. The van der Waals surface area contributed by atoms with Crippen LogP contribution in [0.4, 0.5) is 11.4 Å². The van der Waals surface area contributed by atoms with Gasteiger partial charge in [-0.1, -0.05) is 24.3 Å². The first-order chi connectivity index (χ1) is 11.4. The molecule has 0 aliphatic heterocycles. The van der Waals surface area contributed by atoms with Gasteiger partial charge in [0.1, 0.15) is 0 Å². The second kappa shape index (κ2) is 6.46. The molecule has 1 saturated carbocycles. The summed E-state index contributed by atoms with van der Waals surface area (Å²) in [5.41, 5.74) is 4.19. The third kappa shape index (κ3) is 2.87. The van der Waals surface area contributed by atoms with Gasteiger partial charge in [-0.05, 0) is 35.4 Å². The number of benzene rings is 2. The van der Waals surface area contributed by atoms with Crippen LogP contribution in [-0.4, -0.2) is 50.6 Å². The van der Waals surface area contributed by atoms with Crippen molar-refractivity contribution in [3.8, 4) is 0 Å². The molecule has 4 nitrogen and oxygen atoms in total. The van der Waals surface area contributed by atoms with Crippen molar-refractivity contribution in [3.63, 3.8) is 0 Å². The molecule has 1 fully saturated rings. The van der Waals surface area contributed by atoms with Gasteiger partial charge < -0.3 is 20.0 Å². The Balaban J connectivity index is 1.76. The number of hydrogen-bond donors (Lipinski definition) is 2. The number of rotatable bonds is 4. The monoisotopic (exact) mass is 326 g/mol. The summed E-state index contributed by atoms with van der Waals surface area (Å²) < 4.78 is 0. The Morgan fingerprint density at radius 3 is 1.12 bits per heavy atom. The van der Waals surface area contributed by atoms with Gasteiger partial charge in [0.25, 0.3) is 0 Å². The predicted octanol–water partition coefficient (Wildman–Crippen LogP) is 2.42. The summed E-state index contributed by atoms with van der Waals surface area (Å²) in [7, 11) is 7.98. The van der Waals surface area contributed by atoms with Crippen molar-refractivity contribution < 1.29 is 10.2 Å². The summed E-state index contributed by atoms with van der Waals surface area (Å²) in [5.74, 6) is -0.445. The Morgan fingerprint density at radius 2 is 0.875 bits per heavy atom. The molecule has 0 aromatic heterocycles. The largest absolute Gasteiger partial charge is 0.392 e. The van der Waals surface area contributed by atoms with E-state index in [0.29, 0.717) is 0 Å². The van der Waals surface area contributed by atoms with Crippen LogP contribution in [0.5, 0.6) is 0 Å². The lowest BCUT2D eigenvalue weighted by Crippen LogP contribution is -2.51. The zero-order valence-corrected chi connectivity index (χ0v) is 14.7. The molecular formula is C20H26N2O2. The number of aliphatic hydroxyl groups excluding tert-OH is 2. The number of anilines is 2. The van der Waals surface area contributed by atoms with E-state index in [4.69, 9.17) is 0 Å². The minimum Gasteiger partial charge on any atom is -0.392 e. The zero-order chi connectivity index (χ0) is 17.4.